The molecule has 2 N–H and O–H groups in total. The molecule has 1 aromatic rings. The van der Waals surface area contributed by atoms with Gasteiger partial charge in [-0.25, -0.2) is 9.18 Å². The molecule has 1 aromatic carbocycles. The maximum Gasteiger partial charge on any atom is 0.339 e. The summed E-state index contributed by atoms with van der Waals surface area (Å²) in [5.41, 5.74) is 0.211. The van der Waals surface area contributed by atoms with Crippen LogP contribution in [0.2, 0.25) is 0 Å². The number of carbonyl (C=O) groups is 1. The van der Waals surface area contributed by atoms with Crippen LogP contribution < -0.4 is 0 Å². The van der Waals surface area contributed by atoms with Crippen LogP contribution in [0.5, 0.6) is 5.75 Å². The van der Waals surface area contributed by atoms with E-state index >= 15 is 0 Å². The minimum absolute atomic E-state index is 0.0583. The molecule has 15 heavy (non-hydrogen) atoms. The van der Waals surface area contributed by atoms with E-state index in [2.05, 4.69) is 4.74 Å². The third-order valence-electron chi connectivity index (χ3n) is 1.97. The molecule has 0 bridgehead atoms. The second-order valence-corrected chi connectivity index (χ2v) is 2.95. The van der Waals surface area contributed by atoms with Crippen LogP contribution in [0.4, 0.5) is 4.39 Å². The molecule has 4 nitrogen and oxygen atoms in total. The molecule has 5 heteroatoms. The average molecular weight is 214 g/mol. The normalized spacial score (nSPS) is 12.2. The van der Waals surface area contributed by atoms with Crippen molar-refractivity contribution in [2.75, 3.05) is 7.11 Å². The first-order chi connectivity index (χ1) is 7.10. The summed E-state index contributed by atoms with van der Waals surface area (Å²) in [7, 11) is 1.11. The lowest BCUT2D eigenvalue weighted by Gasteiger charge is -2.11. The Morgan fingerprint density at radius 1 is 1.60 bits per heavy atom. The van der Waals surface area contributed by atoms with Crippen molar-refractivity contribution in [3.63, 3.8) is 0 Å². The number of rotatable bonds is 3. The number of aromatic hydroxyl groups is 1. The number of methoxy groups -OCH3 is 1. The van der Waals surface area contributed by atoms with Crippen molar-refractivity contribution in [1.29, 1.82) is 0 Å². The number of halogens is 1. The van der Waals surface area contributed by atoms with E-state index < -0.39 is 18.7 Å². The zero-order valence-electron chi connectivity index (χ0n) is 8.11. The number of carbonyl (C=O) groups excluding carboxylic acids is 1. The van der Waals surface area contributed by atoms with E-state index in [1.54, 1.807) is 0 Å². The lowest BCUT2D eigenvalue weighted by molar-refractivity contribution is -0.150. The number of aliphatic hydroxyl groups excluding tert-OH is 1. The van der Waals surface area contributed by atoms with Crippen molar-refractivity contribution in [3.8, 4) is 5.75 Å². The summed E-state index contributed by atoms with van der Waals surface area (Å²) in [6.45, 7) is -0.735. The number of phenolic OH excluding ortho intramolecular Hbond substituents is 1. The number of ether oxygens (including phenoxy) is 1. The number of phenols is 1. The van der Waals surface area contributed by atoms with E-state index in [4.69, 9.17) is 0 Å². The smallest absolute Gasteiger partial charge is 0.339 e. The highest BCUT2D eigenvalue weighted by Gasteiger charge is 2.21. The van der Waals surface area contributed by atoms with E-state index in [0.29, 0.717) is 0 Å². The van der Waals surface area contributed by atoms with Crippen LogP contribution in [0.3, 0.4) is 0 Å². The Morgan fingerprint density at radius 3 is 2.80 bits per heavy atom. The summed E-state index contributed by atoms with van der Waals surface area (Å²) in [6.07, 6.45) is -1.60. The quantitative estimate of drug-likeness (QED) is 0.738. The number of aliphatic hydroxyl groups is 1. The van der Waals surface area contributed by atoms with Gasteiger partial charge in [0.05, 0.1) is 7.11 Å². The Kier molecular flexibility index (Phi) is 3.62. The van der Waals surface area contributed by atoms with Crippen molar-refractivity contribution < 1.29 is 24.1 Å². The van der Waals surface area contributed by atoms with Crippen LogP contribution >= 0.6 is 0 Å². The summed E-state index contributed by atoms with van der Waals surface area (Å²) in [6, 6.07) is 3.80. The van der Waals surface area contributed by atoms with Crippen LogP contribution in [0.1, 0.15) is 17.2 Å². The topological polar surface area (TPSA) is 66.8 Å². The van der Waals surface area contributed by atoms with Gasteiger partial charge in [0.15, 0.2) is 6.10 Å². The number of hydrogen-bond acceptors (Lipinski definition) is 4. The largest absolute Gasteiger partial charge is 0.508 e. The van der Waals surface area contributed by atoms with Crippen molar-refractivity contribution in [3.05, 3.63) is 29.3 Å². The SMILES string of the molecule is COC(=O)C(O)c1cc(CF)ccc1O. The molecule has 1 unspecified atom stereocenters. The van der Waals surface area contributed by atoms with Gasteiger partial charge in [0.1, 0.15) is 12.4 Å². The molecule has 1 atom stereocenters. The highest BCUT2D eigenvalue weighted by atomic mass is 19.1. The molecule has 0 spiro atoms. The minimum atomic E-state index is -1.60. The first-order valence-electron chi connectivity index (χ1n) is 4.23. The molecule has 0 aliphatic heterocycles. The van der Waals surface area contributed by atoms with E-state index in [1.165, 1.54) is 18.2 Å². The molecule has 0 aliphatic carbocycles. The summed E-state index contributed by atoms with van der Waals surface area (Å²) in [4.78, 5) is 11.0. The van der Waals surface area contributed by atoms with Crippen LogP contribution in [0, 0.1) is 0 Å². The zero-order chi connectivity index (χ0) is 11.4. The molecule has 0 fully saturated rings. The summed E-state index contributed by atoms with van der Waals surface area (Å²) in [5, 5.41) is 18.8. The molecule has 82 valence electrons. The van der Waals surface area contributed by atoms with Gasteiger partial charge < -0.3 is 14.9 Å². The Hall–Kier alpha value is -1.62. The lowest BCUT2D eigenvalue weighted by Crippen LogP contribution is -2.13. The molecular formula is C10H11FO4. The Labute approximate surface area is 85.9 Å². The molecule has 0 heterocycles. The van der Waals surface area contributed by atoms with E-state index in [1.807, 2.05) is 0 Å². The first kappa shape index (κ1) is 11.5. The van der Waals surface area contributed by atoms with E-state index in [0.717, 1.165) is 7.11 Å². The second-order valence-electron chi connectivity index (χ2n) is 2.95. The summed E-state index contributed by atoms with van der Waals surface area (Å²) >= 11 is 0. The van der Waals surface area contributed by atoms with Gasteiger partial charge in [0, 0.05) is 5.56 Å². The van der Waals surface area contributed by atoms with Crippen LogP contribution in [-0.2, 0) is 16.2 Å². The van der Waals surface area contributed by atoms with Gasteiger partial charge >= 0.3 is 5.97 Å². The second kappa shape index (κ2) is 4.75. The molecule has 0 saturated carbocycles. The minimum Gasteiger partial charge on any atom is -0.508 e. The highest BCUT2D eigenvalue weighted by Crippen LogP contribution is 2.26. The number of alkyl halides is 1. The maximum atomic E-state index is 12.3. The van der Waals surface area contributed by atoms with Gasteiger partial charge in [0.25, 0.3) is 0 Å². The number of esters is 1. The van der Waals surface area contributed by atoms with Crippen molar-refractivity contribution >= 4 is 5.97 Å². The van der Waals surface area contributed by atoms with Gasteiger partial charge in [-0.05, 0) is 17.7 Å². The molecular weight excluding hydrogens is 203 g/mol. The van der Waals surface area contributed by atoms with Crippen molar-refractivity contribution in [2.45, 2.75) is 12.8 Å². The van der Waals surface area contributed by atoms with Crippen LogP contribution in [0.25, 0.3) is 0 Å². The van der Waals surface area contributed by atoms with Crippen molar-refractivity contribution in [2.24, 2.45) is 0 Å². The summed E-state index contributed by atoms with van der Waals surface area (Å²) < 4.78 is 16.6. The fourth-order valence-electron chi connectivity index (χ4n) is 1.14. The molecule has 1 rings (SSSR count). The first-order valence-corrected chi connectivity index (χ1v) is 4.23. The maximum absolute atomic E-state index is 12.3. The standard InChI is InChI=1S/C10H11FO4/c1-15-10(14)9(13)7-4-6(5-11)2-3-8(7)12/h2-4,9,12-13H,5H2,1H3. The van der Waals surface area contributed by atoms with Gasteiger partial charge in [-0.3, -0.25) is 0 Å². The van der Waals surface area contributed by atoms with E-state index in [-0.39, 0.29) is 16.9 Å². The Morgan fingerprint density at radius 2 is 2.27 bits per heavy atom. The molecule has 0 aliphatic rings. The van der Waals surface area contributed by atoms with Gasteiger partial charge in [0.2, 0.25) is 0 Å². The third-order valence-corrected chi connectivity index (χ3v) is 1.97. The Bertz CT molecular complexity index is 364. The predicted molar refractivity (Wildman–Crippen MR) is 49.9 cm³/mol. The van der Waals surface area contributed by atoms with Crippen LogP contribution in [0.15, 0.2) is 18.2 Å². The molecule has 0 saturated heterocycles. The zero-order valence-corrected chi connectivity index (χ0v) is 8.11. The lowest BCUT2D eigenvalue weighted by atomic mass is 10.1. The monoisotopic (exact) mass is 214 g/mol. The third kappa shape index (κ3) is 2.44. The van der Waals surface area contributed by atoms with Gasteiger partial charge in [-0.15, -0.1) is 0 Å². The van der Waals surface area contributed by atoms with Gasteiger partial charge in [-0.1, -0.05) is 6.07 Å². The highest BCUT2D eigenvalue weighted by molar-refractivity contribution is 5.77. The number of hydrogen-bond donors (Lipinski definition) is 2. The average Bonchev–Trinajstić information content (AvgIpc) is 2.27. The predicted octanol–water partition coefficient (Wildman–Crippen LogP) is 1.07. The fourth-order valence-corrected chi connectivity index (χ4v) is 1.14. The molecule has 0 radical (unpaired) electrons. The van der Waals surface area contributed by atoms with Crippen LogP contribution in [-0.4, -0.2) is 23.3 Å². The van der Waals surface area contributed by atoms with Crippen molar-refractivity contribution in [1.82, 2.24) is 0 Å². The fraction of sp³-hybridized carbons (Fsp3) is 0.300. The molecule has 0 amide bonds. The number of benzene rings is 1. The molecule has 0 aromatic heterocycles. The van der Waals surface area contributed by atoms with Gasteiger partial charge in [-0.2, -0.15) is 0 Å². The Balaban J connectivity index is 3.06. The van der Waals surface area contributed by atoms with E-state index in [9.17, 15) is 19.4 Å². The summed E-state index contributed by atoms with van der Waals surface area (Å²) in [5.74, 6) is -1.17.